The largest absolute Gasteiger partial charge is 0.311 e. The molecule has 1 aromatic rings. The zero-order chi connectivity index (χ0) is 15.1. The molecule has 1 aromatic carbocycles. The Labute approximate surface area is 128 Å². The van der Waals surface area contributed by atoms with Gasteiger partial charge in [-0.15, -0.1) is 0 Å². The van der Waals surface area contributed by atoms with Crippen LogP contribution in [0, 0.1) is 10.1 Å². The van der Waals surface area contributed by atoms with Crippen LogP contribution in [-0.2, 0) is 6.54 Å². The van der Waals surface area contributed by atoms with E-state index in [9.17, 15) is 10.1 Å². The third-order valence-corrected chi connectivity index (χ3v) is 4.47. The second-order valence-corrected chi connectivity index (χ2v) is 5.72. The smallest absolute Gasteiger partial charge is 0.283 e. The summed E-state index contributed by atoms with van der Waals surface area (Å²) in [5.41, 5.74) is 1.02. The molecular weight excluding hydrogens is 322 g/mol. The summed E-state index contributed by atoms with van der Waals surface area (Å²) < 4.78 is 0.563. The van der Waals surface area contributed by atoms with E-state index in [2.05, 4.69) is 47.0 Å². The summed E-state index contributed by atoms with van der Waals surface area (Å²) in [6.07, 6.45) is 1.13. The zero-order valence-corrected chi connectivity index (χ0v) is 13.8. The van der Waals surface area contributed by atoms with E-state index in [1.807, 2.05) is 6.07 Å². The molecule has 0 saturated heterocycles. The van der Waals surface area contributed by atoms with Gasteiger partial charge in [0.2, 0.25) is 0 Å². The molecule has 1 rings (SSSR count). The predicted molar refractivity (Wildman–Crippen MR) is 84.9 cm³/mol. The number of rotatable bonds is 8. The molecule has 112 valence electrons. The van der Waals surface area contributed by atoms with Crippen LogP contribution >= 0.6 is 15.9 Å². The van der Waals surface area contributed by atoms with Gasteiger partial charge in [0.1, 0.15) is 0 Å². The number of likely N-dealkylation sites (N-methyl/N-ethyl adjacent to an activating group) is 1. The van der Waals surface area contributed by atoms with Gasteiger partial charge in [-0.25, -0.2) is 0 Å². The zero-order valence-electron chi connectivity index (χ0n) is 12.2. The average Bonchev–Trinajstić information content (AvgIpc) is 2.43. The van der Waals surface area contributed by atoms with Crippen molar-refractivity contribution in [2.45, 2.75) is 32.9 Å². The predicted octanol–water partition coefficient (Wildman–Crippen LogP) is 3.18. The summed E-state index contributed by atoms with van der Waals surface area (Å²) in [7, 11) is 2.11. The Morgan fingerprint density at radius 1 is 1.50 bits per heavy atom. The van der Waals surface area contributed by atoms with Crippen LogP contribution in [0.3, 0.4) is 0 Å². The summed E-state index contributed by atoms with van der Waals surface area (Å²) in [5, 5.41) is 14.2. The number of benzene rings is 1. The lowest BCUT2D eigenvalue weighted by atomic mass is 10.2. The van der Waals surface area contributed by atoms with Gasteiger partial charge in [0.15, 0.2) is 0 Å². The van der Waals surface area contributed by atoms with Gasteiger partial charge in [0.25, 0.3) is 5.69 Å². The van der Waals surface area contributed by atoms with E-state index >= 15 is 0 Å². The highest BCUT2D eigenvalue weighted by atomic mass is 79.9. The Kier molecular flexibility index (Phi) is 7.12. The van der Waals surface area contributed by atoms with Crippen LogP contribution in [0.25, 0.3) is 0 Å². The molecule has 0 aliphatic carbocycles. The molecule has 0 aliphatic heterocycles. The monoisotopic (exact) mass is 343 g/mol. The molecule has 5 nitrogen and oxygen atoms in total. The van der Waals surface area contributed by atoms with Gasteiger partial charge in [-0.1, -0.05) is 19.1 Å². The maximum atomic E-state index is 10.8. The molecule has 1 N–H and O–H groups in total. The Hall–Kier alpha value is -0.980. The summed E-state index contributed by atoms with van der Waals surface area (Å²) in [5.74, 6) is 0. The number of halogens is 1. The first-order chi connectivity index (χ1) is 9.47. The molecule has 1 unspecified atom stereocenters. The summed E-state index contributed by atoms with van der Waals surface area (Å²) in [6.45, 7) is 6.82. The second kappa shape index (κ2) is 8.34. The Morgan fingerprint density at radius 2 is 2.20 bits per heavy atom. The number of nitro benzene ring substituents is 1. The van der Waals surface area contributed by atoms with E-state index in [0.717, 1.165) is 25.1 Å². The van der Waals surface area contributed by atoms with Gasteiger partial charge < -0.3 is 10.2 Å². The standard InChI is InChI=1S/C14H22BrN3O2/c1-4-11(2)17(3)9-8-16-10-12-6-5-7-13(14(12)15)18(19)20/h5-7,11,16H,4,8-10H2,1-3H3. The van der Waals surface area contributed by atoms with Crippen LogP contribution in [0.5, 0.6) is 0 Å². The summed E-state index contributed by atoms with van der Waals surface area (Å²) in [6, 6.07) is 5.68. The van der Waals surface area contributed by atoms with Gasteiger partial charge >= 0.3 is 0 Å². The van der Waals surface area contributed by atoms with Crippen molar-refractivity contribution < 1.29 is 4.92 Å². The summed E-state index contributed by atoms with van der Waals surface area (Å²) >= 11 is 3.31. The van der Waals surface area contributed by atoms with Crippen LogP contribution in [0.15, 0.2) is 22.7 Å². The fourth-order valence-corrected chi connectivity index (χ4v) is 2.40. The number of hydrogen-bond donors (Lipinski definition) is 1. The Bertz CT molecular complexity index is 454. The lowest BCUT2D eigenvalue weighted by Gasteiger charge is -2.23. The highest BCUT2D eigenvalue weighted by molar-refractivity contribution is 9.10. The van der Waals surface area contributed by atoms with E-state index in [1.54, 1.807) is 6.07 Å². The molecule has 0 saturated carbocycles. The van der Waals surface area contributed by atoms with Crippen LogP contribution in [-0.4, -0.2) is 36.0 Å². The molecule has 0 radical (unpaired) electrons. The molecule has 0 spiro atoms. The van der Waals surface area contributed by atoms with Gasteiger partial charge in [0, 0.05) is 31.7 Å². The van der Waals surface area contributed by atoms with Gasteiger partial charge in [-0.05, 0) is 41.9 Å². The second-order valence-electron chi connectivity index (χ2n) is 4.92. The summed E-state index contributed by atoms with van der Waals surface area (Å²) in [4.78, 5) is 12.8. The van der Waals surface area contributed by atoms with Crippen molar-refractivity contribution in [2.75, 3.05) is 20.1 Å². The van der Waals surface area contributed by atoms with Crippen molar-refractivity contribution in [1.29, 1.82) is 0 Å². The van der Waals surface area contributed by atoms with Crippen molar-refractivity contribution in [3.8, 4) is 0 Å². The number of nitro groups is 1. The third-order valence-electron chi connectivity index (χ3n) is 3.56. The first-order valence-electron chi connectivity index (χ1n) is 6.80. The number of nitrogens with zero attached hydrogens (tertiary/aromatic N) is 2. The van der Waals surface area contributed by atoms with Gasteiger partial charge in [0.05, 0.1) is 9.40 Å². The van der Waals surface area contributed by atoms with Gasteiger partial charge in [-0.3, -0.25) is 10.1 Å². The molecule has 0 aromatic heterocycles. The first-order valence-corrected chi connectivity index (χ1v) is 7.59. The molecule has 0 aliphatic rings. The lowest BCUT2D eigenvalue weighted by Crippen LogP contribution is -2.34. The minimum Gasteiger partial charge on any atom is -0.311 e. The molecule has 1 atom stereocenters. The van der Waals surface area contributed by atoms with Crippen molar-refractivity contribution in [3.05, 3.63) is 38.3 Å². The van der Waals surface area contributed by atoms with E-state index in [4.69, 9.17) is 0 Å². The maximum absolute atomic E-state index is 10.8. The molecule has 0 heterocycles. The fraction of sp³-hybridized carbons (Fsp3) is 0.571. The minimum absolute atomic E-state index is 0.112. The first kappa shape index (κ1) is 17.1. The van der Waals surface area contributed by atoms with E-state index < -0.39 is 0 Å². The van der Waals surface area contributed by atoms with E-state index in [0.29, 0.717) is 17.1 Å². The maximum Gasteiger partial charge on any atom is 0.283 e. The SMILES string of the molecule is CCC(C)N(C)CCNCc1cccc([N+](=O)[O-])c1Br. The molecular formula is C14H22BrN3O2. The van der Waals surface area contributed by atoms with E-state index in [1.165, 1.54) is 6.07 Å². The molecule has 6 heteroatoms. The third kappa shape index (κ3) is 4.85. The van der Waals surface area contributed by atoms with Crippen LogP contribution in [0.4, 0.5) is 5.69 Å². The molecule has 0 amide bonds. The number of hydrogen-bond acceptors (Lipinski definition) is 4. The normalized spacial score (nSPS) is 12.7. The fourth-order valence-electron chi connectivity index (χ4n) is 1.85. The van der Waals surface area contributed by atoms with E-state index in [-0.39, 0.29) is 10.6 Å². The van der Waals surface area contributed by atoms with Crippen molar-refractivity contribution in [2.24, 2.45) is 0 Å². The lowest BCUT2D eigenvalue weighted by molar-refractivity contribution is -0.385. The van der Waals surface area contributed by atoms with Crippen molar-refractivity contribution >= 4 is 21.6 Å². The Balaban J connectivity index is 2.47. The highest BCUT2D eigenvalue weighted by Crippen LogP contribution is 2.27. The Morgan fingerprint density at radius 3 is 2.80 bits per heavy atom. The average molecular weight is 344 g/mol. The van der Waals surface area contributed by atoms with Crippen molar-refractivity contribution in [1.82, 2.24) is 10.2 Å². The topological polar surface area (TPSA) is 58.4 Å². The highest BCUT2D eigenvalue weighted by Gasteiger charge is 2.14. The quantitative estimate of drug-likeness (QED) is 0.447. The van der Waals surface area contributed by atoms with Gasteiger partial charge in [-0.2, -0.15) is 0 Å². The van der Waals surface area contributed by atoms with Crippen molar-refractivity contribution in [3.63, 3.8) is 0 Å². The molecule has 0 bridgehead atoms. The molecule has 0 fully saturated rings. The number of nitrogens with one attached hydrogen (secondary N) is 1. The van der Waals surface area contributed by atoms with Crippen LogP contribution in [0.2, 0.25) is 0 Å². The van der Waals surface area contributed by atoms with Crippen LogP contribution < -0.4 is 5.32 Å². The van der Waals surface area contributed by atoms with Crippen LogP contribution in [0.1, 0.15) is 25.8 Å². The minimum atomic E-state index is -0.371. The molecule has 20 heavy (non-hydrogen) atoms.